The lowest BCUT2D eigenvalue weighted by atomic mass is 9.96. The average Bonchev–Trinajstić information content (AvgIpc) is 2.99. The fourth-order valence-corrected chi connectivity index (χ4v) is 2.63. The molecule has 130 valence electrons. The smallest absolute Gasteiger partial charge is 0.307 e. The molecular formula is C17H21FN2O3S. The van der Waals surface area contributed by atoms with Gasteiger partial charge in [-0.05, 0) is 31.2 Å². The van der Waals surface area contributed by atoms with Crippen LogP contribution in [-0.2, 0) is 14.9 Å². The number of hydrogen-bond acceptors (Lipinski definition) is 6. The maximum Gasteiger partial charge on any atom is 0.307 e. The quantitative estimate of drug-likeness (QED) is 0.571. The summed E-state index contributed by atoms with van der Waals surface area (Å²) in [5.41, 5.74) is -0.225. The third-order valence-electron chi connectivity index (χ3n) is 3.16. The molecule has 7 heteroatoms. The molecule has 1 atom stereocenters. The first kappa shape index (κ1) is 18.4. The zero-order valence-corrected chi connectivity index (χ0v) is 15.0. The maximum atomic E-state index is 12.8. The second-order valence-electron chi connectivity index (χ2n) is 6.39. The molecule has 0 N–H and O–H groups in total. The van der Waals surface area contributed by atoms with Crippen LogP contribution in [0.15, 0.2) is 33.7 Å². The van der Waals surface area contributed by atoms with Crippen molar-refractivity contribution in [2.24, 2.45) is 0 Å². The van der Waals surface area contributed by atoms with Crippen LogP contribution in [0, 0.1) is 5.82 Å². The van der Waals surface area contributed by atoms with Crippen molar-refractivity contribution in [3.05, 3.63) is 41.8 Å². The van der Waals surface area contributed by atoms with E-state index in [4.69, 9.17) is 9.26 Å². The van der Waals surface area contributed by atoms with Gasteiger partial charge in [-0.2, -0.15) is 4.98 Å². The fraction of sp³-hybridized carbons (Fsp3) is 0.471. The molecular weight excluding hydrogens is 331 g/mol. The van der Waals surface area contributed by atoms with Gasteiger partial charge in [0.05, 0.1) is 6.42 Å². The Labute approximate surface area is 145 Å². The SMILES string of the molecule is CC(OC(=O)CCSc1ccc(F)cc1)c1nc(C(C)(C)C)no1. The van der Waals surface area contributed by atoms with Gasteiger partial charge in [0.15, 0.2) is 11.9 Å². The standard InChI is InChI=1S/C17H21FN2O3S/c1-11(15-19-16(20-23-15)17(2,3)4)22-14(21)9-10-24-13-7-5-12(18)6-8-13/h5-8,11H,9-10H2,1-4H3. The van der Waals surface area contributed by atoms with E-state index in [9.17, 15) is 9.18 Å². The number of carbonyl (C=O) groups is 1. The number of aromatic nitrogens is 2. The van der Waals surface area contributed by atoms with Gasteiger partial charge >= 0.3 is 5.97 Å². The van der Waals surface area contributed by atoms with Crippen molar-refractivity contribution in [3.63, 3.8) is 0 Å². The van der Waals surface area contributed by atoms with E-state index in [0.29, 0.717) is 17.5 Å². The lowest BCUT2D eigenvalue weighted by Crippen LogP contribution is -2.14. The molecule has 0 aliphatic carbocycles. The molecule has 1 aromatic carbocycles. The van der Waals surface area contributed by atoms with Crippen molar-refractivity contribution in [1.82, 2.24) is 10.1 Å². The number of ether oxygens (including phenoxy) is 1. The summed E-state index contributed by atoms with van der Waals surface area (Å²) in [7, 11) is 0. The third kappa shape index (κ3) is 5.33. The van der Waals surface area contributed by atoms with E-state index in [1.165, 1.54) is 23.9 Å². The second kappa shape index (κ2) is 7.79. The molecule has 0 spiro atoms. The Bertz CT molecular complexity index is 680. The number of hydrogen-bond donors (Lipinski definition) is 0. The first-order valence-corrected chi connectivity index (χ1v) is 8.66. The molecule has 0 amide bonds. The largest absolute Gasteiger partial charge is 0.453 e. The summed E-state index contributed by atoms with van der Waals surface area (Å²) in [6, 6.07) is 6.15. The fourth-order valence-electron chi connectivity index (χ4n) is 1.79. The van der Waals surface area contributed by atoms with Crippen molar-refractivity contribution < 1.29 is 18.4 Å². The molecule has 2 aromatic rings. The predicted octanol–water partition coefficient (Wildman–Crippen LogP) is 4.29. The molecule has 1 unspecified atom stereocenters. The molecule has 24 heavy (non-hydrogen) atoms. The van der Waals surface area contributed by atoms with Gasteiger partial charge in [0.2, 0.25) is 0 Å². The molecule has 0 fully saturated rings. The van der Waals surface area contributed by atoms with Crippen molar-refractivity contribution in [2.45, 2.75) is 50.5 Å². The minimum Gasteiger partial charge on any atom is -0.453 e. The van der Waals surface area contributed by atoms with E-state index >= 15 is 0 Å². The Balaban J connectivity index is 1.79. The topological polar surface area (TPSA) is 65.2 Å². The highest BCUT2D eigenvalue weighted by Crippen LogP contribution is 2.23. The monoisotopic (exact) mass is 352 g/mol. The summed E-state index contributed by atoms with van der Waals surface area (Å²) in [6.07, 6.45) is -0.343. The molecule has 0 saturated heterocycles. The minimum absolute atomic E-state index is 0.225. The van der Waals surface area contributed by atoms with Crippen LogP contribution in [0.2, 0.25) is 0 Å². The first-order chi connectivity index (χ1) is 11.3. The minimum atomic E-state index is -0.586. The Morgan fingerprint density at radius 3 is 2.58 bits per heavy atom. The van der Waals surface area contributed by atoms with Gasteiger partial charge < -0.3 is 9.26 Å². The number of nitrogens with zero attached hydrogens (tertiary/aromatic N) is 2. The van der Waals surface area contributed by atoms with E-state index in [2.05, 4.69) is 10.1 Å². The summed E-state index contributed by atoms with van der Waals surface area (Å²) >= 11 is 1.47. The van der Waals surface area contributed by atoms with Crippen LogP contribution in [0.4, 0.5) is 4.39 Å². The number of carbonyl (C=O) groups excluding carboxylic acids is 1. The van der Waals surface area contributed by atoms with E-state index in [1.54, 1.807) is 19.1 Å². The molecule has 1 heterocycles. The van der Waals surface area contributed by atoms with E-state index in [1.807, 2.05) is 20.8 Å². The molecule has 2 rings (SSSR count). The Morgan fingerprint density at radius 2 is 2.00 bits per heavy atom. The number of rotatable bonds is 6. The normalized spacial score (nSPS) is 12.9. The summed E-state index contributed by atoms with van der Waals surface area (Å²) < 4.78 is 23.3. The van der Waals surface area contributed by atoms with Crippen molar-refractivity contribution in [1.29, 1.82) is 0 Å². The van der Waals surface area contributed by atoms with Gasteiger partial charge in [-0.25, -0.2) is 4.39 Å². The molecule has 0 bridgehead atoms. The predicted molar refractivity (Wildman–Crippen MR) is 89.2 cm³/mol. The maximum absolute atomic E-state index is 12.8. The van der Waals surface area contributed by atoms with Crippen LogP contribution >= 0.6 is 11.8 Å². The first-order valence-electron chi connectivity index (χ1n) is 7.67. The number of halogens is 1. The van der Waals surface area contributed by atoms with Crippen molar-refractivity contribution >= 4 is 17.7 Å². The van der Waals surface area contributed by atoms with Gasteiger partial charge in [-0.3, -0.25) is 4.79 Å². The Morgan fingerprint density at radius 1 is 1.33 bits per heavy atom. The molecule has 1 aromatic heterocycles. The summed E-state index contributed by atoms with van der Waals surface area (Å²) in [6.45, 7) is 7.63. The molecule has 0 aliphatic heterocycles. The molecule has 0 saturated carbocycles. The average molecular weight is 352 g/mol. The molecule has 5 nitrogen and oxygen atoms in total. The zero-order valence-electron chi connectivity index (χ0n) is 14.2. The third-order valence-corrected chi connectivity index (χ3v) is 4.17. The van der Waals surface area contributed by atoms with E-state index in [-0.39, 0.29) is 23.6 Å². The second-order valence-corrected chi connectivity index (χ2v) is 7.56. The Hall–Kier alpha value is -1.89. The Kier molecular flexibility index (Phi) is 5.99. The summed E-state index contributed by atoms with van der Waals surface area (Å²) in [5.74, 6) is 0.801. The van der Waals surface area contributed by atoms with Crippen LogP contribution in [0.25, 0.3) is 0 Å². The lowest BCUT2D eigenvalue weighted by Gasteiger charge is -2.11. The number of thioether (sulfide) groups is 1. The van der Waals surface area contributed by atoms with Gasteiger partial charge in [0.1, 0.15) is 5.82 Å². The van der Waals surface area contributed by atoms with Gasteiger partial charge in [-0.1, -0.05) is 25.9 Å². The van der Waals surface area contributed by atoms with Gasteiger partial charge in [0.25, 0.3) is 5.89 Å². The van der Waals surface area contributed by atoms with Crippen LogP contribution in [0.5, 0.6) is 0 Å². The van der Waals surface area contributed by atoms with E-state index in [0.717, 1.165) is 4.90 Å². The van der Waals surface area contributed by atoms with Gasteiger partial charge in [-0.15, -0.1) is 11.8 Å². The van der Waals surface area contributed by atoms with Gasteiger partial charge in [0, 0.05) is 16.1 Å². The highest BCUT2D eigenvalue weighted by Gasteiger charge is 2.24. The van der Waals surface area contributed by atoms with Crippen LogP contribution < -0.4 is 0 Å². The summed E-state index contributed by atoms with van der Waals surface area (Å²) in [5, 5.41) is 3.91. The number of esters is 1. The number of benzene rings is 1. The molecule has 0 radical (unpaired) electrons. The van der Waals surface area contributed by atoms with Crippen LogP contribution in [0.3, 0.4) is 0 Å². The van der Waals surface area contributed by atoms with Crippen LogP contribution in [0.1, 0.15) is 51.9 Å². The zero-order chi connectivity index (χ0) is 17.7. The van der Waals surface area contributed by atoms with Crippen molar-refractivity contribution in [3.8, 4) is 0 Å². The molecule has 0 aliphatic rings. The van der Waals surface area contributed by atoms with E-state index < -0.39 is 6.10 Å². The summed E-state index contributed by atoms with van der Waals surface area (Å²) in [4.78, 5) is 17.1. The van der Waals surface area contributed by atoms with Crippen LogP contribution in [-0.4, -0.2) is 21.9 Å². The lowest BCUT2D eigenvalue weighted by molar-refractivity contribution is -0.149. The van der Waals surface area contributed by atoms with Crippen molar-refractivity contribution in [2.75, 3.05) is 5.75 Å². The highest BCUT2D eigenvalue weighted by molar-refractivity contribution is 7.99. The highest BCUT2D eigenvalue weighted by atomic mass is 32.2.